The summed E-state index contributed by atoms with van der Waals surface area (Å²) < 4.78 is 21.9. The fourth-order valence-corrected chi connectivity index (χ4v) is 2.41. The van der Waals surface area contributed by atoms with Crippen molar-refractivity contribution in [2.75, 3.05) is 26.4 Å². The molecule has 2 aliphatic heterocycles. The summed E-state index contributed by atoms with van der Waals surface area (Å²) in [5, 5.41) is 0. The fourth-order valence-electron chi connectivity index (χ4n) is 2.41. The first kappa shape index (κ1) is 14.5. The Kier molecular flexibility index (Phi) is 4.18. The van der Waals surface area contributed by atoms with Gasteiger partial charge >= 0.3 is 0 Å². The molecule has 2 aliphatic rings. The lowest BCUT2D eigenvalue weighted by atomic mass is 10.0. The Morgan fingerprint density at radius 1 is 0.826 bits per heavy atom. The van der Waals surface area contributed by atoms with E-state index in [-0.39, 0.29) is 12.2 Å². The molecule has 0 bridgehead atoms. The molecule has 0 aromatic heterocycles. The van der Waals surface area contributed by atoms with Crippen molar-refractivity contribution >= 4 is 0 Å². The van der Waals surface area contributed by atoms with Gasteiger partial charge in [0.15, 0.2) is 0 Å². The van der Waals surface area contributed by atoms with Gasteiger partial charge in [-0.15, -0.1) is 0 Å². The molecule has 0 spiro atoms. The van der Waals surface area contributed by atoms with Crippen LogP contribution in [0.25, 0.3) is 0 Å². The lowest BCUT2D eigenvalue weighted by molar-refractivity contribution is 0.261. The van der Waals surface area contributed by atoms with Crippen molar-refractivity contribution < 1.29 is 18.9 Å². The Balaban J connectivity index is 1.38. The number of ether oxygens (including phenoxy) is 4. The predicted octanol–water partition coefficient (Wildman–Crippen LogP) is 2.83. The number of hydrogen-bond acceptors (Lipinski definition) is 4. The minimum atomic E-state index is 0.273. The summed E-state index contributed by atoms with van der Waals surface area (Å²) in [7, 11) is 0. The highest BCUT2D eigenvalue weighted by atomic mass is 16.6. The quantitative estimate of drug-likeness (QED) is 0.703. The lowest BCUT2D eigenvalue weighted by Gasteiger charge is -2.11. The molecular weight excluding hydrogens is 292 g/mol. The molecule has 0 unspecified atom stereocenters. The van der Waals surface area contributed by atoms with Gasteiger partial charge in [-0.05, 0) is 29.3 Å². The molecule has 2 atom stereocenters. The van der Waals surface area contributed by atoms with Crippen LogP contribution < -0.4 is 9.47 Å². The molecule has 120 valence electrons. The number of rotatable bonds is 8. The Bertz CT molecular complexity index is 645. The molecule has 0 amide bonds. The third kappa shape index (κ3) is 4.24. The SMILES string of the molecule is c1ccc(OC[C@@H]2CO2)c(Cc2ccc(OC[C@@H]3CO3)cc2)c1. The molecule has 2 heterocycles. The highest BCUT2D eigenvalue weighted by Crippen LogP contribution is 2.24. The third-order valence-corrected chi connectivity index (χ3v) is 3.96. The molecule has 2 saturated heterocycles. The van der Waals surface area contributed by atoms with Gasteiger partial charge in [-0.1, -0.05) is 30.3 Å². The van der Waals surface area contributed by atoms with Gasteiger partial charge in [-0.25, -0.2) is 0 Å². The van der Waals surface area contributed by atoms with Crippen molar-refractivity contribution in [3.05, 3.63) is 59.7 Å². The zero-order valence-electron chi connectivity index (χ0n) is 12.9. The minimum Gasteiger partial charge on any atom is -0.491 e. The second kappa shape index (κ2) is 6.60. The molecule has 0 aliphatic carbocycles. The molecule has 0 saturated carbocycles. The second-order valence-corrected chi connectivity index (χ2v) is 5.96. The smallest absolute Gasteiger partial charge is 0.122 e. The first-order valence-electron chi connectivity index (χ1n) is 8.02. The maximum Gasteiger partial charge on any atom is 0.122 e. The summed E-state index contributed by atoms with van der Waals surface area (Å²) in [6, 6.07) is 16.4. The van der Waals surface area contributed by atoms with Gasteiger partial charge < -0.3 is 18.9 Å². The highest BCUT2D eigenvalue weighted by Gasteiger charge is 2.24. The predicted molar refractivity (Wildman–Crippen MR) is 86.2 cm³/mol. The monoisotopic (exact) mass is 312 g/mol. The van der Waals surface area contributed by atoms with E-state index >= 15 is 0 Å². The van der Waals surface area contributed by atoms with E-state index in [2.05, 4.69) is 18.2 Å². The van der Waals surface area contributed by atoms with Gasteiger partial charge in [-0.2, -0.15) is 0 Å². The van der Waals surface area contributed by atoms with Gasteiger partial charge in [0.25, 0.3) is 0 Å². The Morgan fingerprint density at radius 2 is 1.48 bits per heavy atom. The summed E-state index contributed by atoms with van der Waals surface area (Å²) in [5.41, 5.74) is 2.42. The molecule has 2 aromatic carbocycles. The van der Waals surface area contributed by atoms with Crippen LogP contribution in [0.1, 0.15) is 11.1 Å². The zero-order valence-corrected chi connectivity index (χ0v) is 12.9. The van der Waals surface area contributed by atoms with Crippen LogP contribution in [0, 0.1) is 0 Å². The summed E-state index contributed by atoms with van der Waals surface area (Å²) in [6.45, 7) is 2.91. The van der Waals surface area contributed by atoms with Crippen LogP contribution in [-0.4, -0.2) is 38.6 Å². The van der Waals surface area contributed by atoms with Gasteiger partial charge in [-0.3, -0.25) is 0 Å². The maximum absolute atomic E-state index is 5.87. The van der Waals surface area contributed by atoms with Crippen LogP contribution in [0.5, 0.6) is 11.5 Å². The van der Waals surface area contributed by atoms with Crippen molar-refractivity contribution in [1.29, 1.82) is 0 Å². The van der Waals surface area contributed by atoms with E-state index in [9.17, 15) is 0 Å². The molecular formula is C19H20O4. The molecule has 4 nitrogen and oxygen atoms in total. The lowest BCUT2D eigenvalue weighted by Crippen LogP contribution is -2.06. The average Bonchev–Trinajstić information content (AvgIpc) is 3.48. The Hall–Kier alpha value is -2.04. The highest BCUT2D eigenvalue weighted by molar-refractivity contribution is 5.39. The fraction of sp³-hybridized carbons (Fsp3) is 0.368. The van der Waals surface area contributed by atoms with Crippen LogP contribution in [-0.2, 0) is 15.9 Å². The first-order chi connectivity index (χ1) is 11.4. The van der Waals surface area contributed by atoms with Crippen molar-refractivity contribution in [1.82, 2.24) is 0 Å². The molecule has 23 heavy (non-hydrogen) atoms. The van der Waals surface area contributed by atoms with Crippen LogP contribution >= 0.6 is 0 Å². The first-order valence-corrected chi connectivity index (χ1v) is 8.02. The van der Waals surface area contributed by atoms with E-state index < -0.39 is 0 Å². The number of para-hydroxylation sites is 1. The molecule has 2 fully saturated rings. The van der Waals surface area contributed by atoms with E-state index in [1.807, 2.05) is 30.3 Å². The van der Waals surface area contributed by atoms with Crippen molar-refractivity contribution in [2.45, 2.75) is 18.6 Å². The van der Waals surface area contributed by atoms with E-state index in [1.165, 1.54) is 11.1 Å². The standard InChI is InChI=1S/C19H20O4/c1-2-4-19(23-13-18-12-22-18)15(3-1)9-14-5-7-16(8-6-14)20-10-17-11-21-17/h1-8,17-18H,9-13H2/t17-,18+/m1/s1. The van der Waals surface area contributed by atoms with Crippen LogP contribution in [0.3, 0.4) is 0 Å². The summed E-state index contributed by atoms with van der Waals surface area (Å²) >= 11 is 0. The maximum atomic E-state index is 5.87. The number of epoxide rings is 2. The van der Waals surface area contributed by atoms with Gasteiger partial charge in [0.2, 0.25) is 0 Å². The summed E-state index contributed by atoms with van der Waals surface area (Å²) in [4.78, 5) is 0. The topological polar surface area (TPSA) is 43.5 Å². The van der Waals surface area contributed by atoms with Gasteiger partial charge in [0.05, 0.1) is 13.2 Å². The number of benzene rings is 2. The van der Waals surface area contributed by atoms with Gasteiger partial charge in [0, 0.05) is 6.42 Å². The second-order valence-electron chi connectivity index (χ2n) is 5.96. The van der Waals surface area contributed by atoms with Crippen LogP contribution in [0.2, 0.25) is 0 Å². The molecule has 0 radical (unpaired) electrons. The molecule has 4 rings (SSSR count). The van der Waals surface area contributed by atoms with Crippen molar-refractivity contribution in [3.8, 4) is 11.5 Å². The normalized spacial score (nSPS) is 21.7. The Labute approximate surface area is 135 Å². The minimum absolute atomic E-state index is 0.273. The van der Waals surface area contributed by atoms with Crippen LogP contribution in [0.4, 0.5) is 0 Å². The van der Waals surface area contributed by atoms with E-state index in [1.54, 1.807) is 0 Å². The molecule has 4 heteroatoms. The largest absolute Gasteiger partial charge is 0.491 e. The van der Waals surface area contributed by atoms with Crippen molar-refractivity contribution in [2.24, 2.45) is 0 Å². The van der Waals surface area contributed by atoms with Crippen molar-refractivity contribution in [3.63, 3.8) is 0 Å². The third-order valence-electron chi connectivity index (χ3n) is 3.96. The van der Waals surface area contributed by atoms with E-state index in [4.69, 9.17) is 18.9 Å². The molecule has 2 aromatic rings. The summed E-state index contributed by atoms with van der Waals surface area (Å²) in [6.07, 6.45) is 1.40. The number of hydrogen-bond donors (Lipinski definition) is 0. The summed E-state index contributed by atoms with van der Waals surface area (Å²) in [5.74, 6) is 1.83. The Morgan fingerprint density at radius 3 is 2.17 bits per heavy atom. The van der Waals surface area contributed by atoms with E-state index in [0.717, 1.165) is 31.1 Å². The molecule has 0 N–H and O–H groups in total. The van der Waals surface area contributed by atoms with Gasteiger partial charge in [0.1, 0.15) is 36.9 Å². The van der Waals surface area contributed by atoms with Crippen LogP contribution in [0.15, 0.2) is 48.5 Å². The average molecular weight is 312 g/mol. The zero-order chi connectivity index (χ0) is 15.5. The van der Waals surface area contributed by atoms with E-state index in [0.29, 0.717) is 13.2 Å².